The minimum atomic E-state index is -3.45. The van der Waals surface area contributed by atoms with E-state index in [1.54, 1.807) is 12.1 Å². The Hall–Kier alpha value is -0.950. The highest BCUT2D eigenvalue weighted by Crippen LogP contribution is 2.30. The average Bonchev–Trinajstić information content (AvgIpc) is 3.19. The van der Waals surface area contributed by atoms with Crippen molar-refractivity contribution in [1.29, 1.82) is 0 Å². The van der Waals surface area contributed by atoms with Gasteiger partial charge in [0.25, 0.3) is 0 Å². The molecule has 3 N–H and O–H groups in total. The SMILES string of the molecule is Cc1cc(CN)ccc1S(=O)(=O)NC1CCN(C2CC2)C1. The van der Waals surface area contributed by atoms with Crippen LogP contribution in [0.5, 0.6) is 0 Å². The topological polar surface area (TPSA) is 75.4 Å². The van der Waals surface area contributed by atoms with Gasteiger partial charge in [0.15, 0.2) is 0 Å². The maximum Gasteiger partial charge on any atom is 0.241 e. The van der Waals surface area contributed by atoms with Gasteiger partial charge in [-0.25, -0.2) is 13.1 Å². The number of nitrogens with two attached hydrogens (primary N) is 1. The van der Waals surface area contributed by atoms with Crippen LogP contribution in [0.4, 0.5) is 0 Å². The summed E-state index contributed by atoms with van der Waals surface area (Å²) in [5.41, 5.74) is 7.29. The maximum absolute atomic E-state index is 12.5. The Balaban J connectivity index is 1.71. The number of benzene rings is 1. The van der Waals surface area contributed by atoms with E-state index in [0.717, 1.165) is 30.6 Å². The lowest BCUT2D eigenvalue weighted by Crippen LogP contribution is -2.37. The molecule has 0 amide bonds. The molecule has 1 aliphatic carbocycles. The molecule has 1 saturated carbocycles. The fraction of sp³-hybridized carbons (Fsp3) is 0.600. The minimum absolute atomic E-state index is 0.0317. The van der Waals surface area contributed by atoms with Crippen LogP contribution in [-0.2, 0) is 16.6 Å². The zero-order valence-corrected chi connectivity index (χ0v) is 13.2. The van der Waals surface area contributed by atoms with Gasteiger partial charge in [-0.15, -0.1) is 0 Å². The molecule has 116 valence electrons. The molecule has 1 unspecified atom stereocenters. The van der Waals surface area contributed by atoms with Crippen LogP contribution in [0.3, 0.4) is 0 Å². The quantitative estimate of drug-likeness (QED) is 0.850. The van der Waals surface area contributed by atoms with Crippen LogP contribution in [0.15, 0.2) is 23.1 Å². The normalized spacial score (nSPS) is 23.6. The predicted molar refractivity (Wildman–Crippen MR) is 82.4 cm³/mol. The first-order chi connectivity index (χ1) is 9.99. The summed E-state index contributed by atoms with van der Waals surface area (Å²) in [5.74, 6) is 0. The van der Waals surface area contributed by atoms with E-state index in [4.69, 9.17) is 5.73 Å². The second-order valence-electron chi connectivity index (χ2n) is 6.14. The van der Waals surface area contributed by atoms with E-state index >= 15 is 0 Å². The van der Waals surface area contributed by atoms with Crippen molar-refractivity contribution in [3.63, 3.8) is 0 Å². The van der Waals surface area contributed by atoms with Crippen molar-refractivity contribution in [2.75, 3.05) is 13.1 Å². The molecule has 5 nitrogen and oxygen atoms in total. The molecule has 2 aliphatic rings. The number of nitrogens with zero attached hydrogens (tertiary/aromatic N) is 1. The zero-order valence-electron chi connectivity index (χ0n) is 12.4. The Bertz CT molecular complexity index is 626. The molecule has 0 spiro atoms. The Morgan fingerprint density at radius 1 is 1.33 bits per heavy atom. The van der Waals surface area contributed by atoms with Crippen LogP contribution < -0.4 is 10.5 Å². The van der Waals surface area contributed by atoms with Crippen LogP contribution in [-0.4, -0.2) is 38.5 Å². The highest BCUT2D eigenvalue weighted by Gasteiger charge is 2.35. The van der Waals surface area contributed by atoms with Gasteiger partial charge >= 0.3 is 0 Å². The van der Waals surface area contributed by atoms with E-state index in [0.29, 0.717) is 17.5 Å². The van der Waals surface area contributed by atoms with E-state index in [2.05, 4.69) is 9.62 Å². The number of aryl methyl sites for hydroxylation is 1. The second-order valence-corrected chi connectivity index (χ2v) is 7.82. The summed E-state index contributed by atoms with van der Waals surface area (Å²) in [7, 11) is -3.45. The largest absolute Gasteiger partial charge is 0.326 e. The molecule has 3 rings (SSSR count). The average molecular weight is 309 g/mol. The molecule has 6 heteroatoms. The molecular weight excluding hydrogens is 286 g/mol. The Morgan fingerprint density at radius 2 is 2.10 bits per heavy atom. The van der Waals surface area contributed by atoms with Crippen LogP contribution in [0.25, 0.3) is 0 Å². The lowest BCUT2D eigenvalue weighted by molar-refractivity contribution is 0.322. The molecule has 1 aromatic carbocycles. The van der Waals surface area contributed by atoms with Crippen LogP contribution in [0.1, 0.15) is 30.4 Å². The molecule has 0 aromatic heterocycles. The number of nitrogens with one attached hydrogen (secondary N) is 1. The van der Waals surface area contributed by atoms with Gasteiger partial charge < -0.3 is 5.73 Å². The number of sulfonamides is 1. The van der Waals surface area contributed by atoms with E-state index in [9.17, 15) is 8.42 Å². The first-order valence-corrected chi connectivity index (χ1v) is 9.04. The van der Waals surface area contributed by atoms with Crippen molar-refractivity contribution < 1.29 is 8.42 Å². The van der Waals surface area contributed by atoms with Crippen molar-refractivity contribution in [3.8, 4) is 0 Å². The van der Waals surface area contributed by atoms with Gasteiger partial charge in [0, 0.05) is 31.7 Å². The van der Waals surface area contributed by atoms with E-state index in [1.807, 2.05) is 13.0 Å². The summed E-state index contributed by atoms with van der Waals surface area (Å²) in [4.78, 5) is 2.77. The third kappa shape index (κ3) is 3.29. The highest BCUT2D eigenvalue weighted by atomic mass is 32.2. The molecule has 1 heterocycles. The molecule has 2 fully saturated rings. The standard InChI is InChI=1S/C15H23N3O2S/c1-11-8-12(9-16)2-5-15(11)21(19,20)17-13-6-7-18(10-13)14-3-4-14/h2,5,8,13-14,17H,3-4,6-7,9-10,16H2,1H3. The van der Waals surface area contributed by atoms with Gasteiger partial charge in [0.05, 0.1) is 4.90 Å². The summed E-state index contributed by atoms with van der Waals surface area (Å²) < 4.78 is 27.9. The fourth-order valence-corrected chi connectivity index (χ4v) is 4.57. The van der Waals surface area contributed by atoms with Crippen LogP contribution in [0.2, 0.25) is 0 Å². The molecule has 21 heavy (non-hydrogen) atoms. The van der Waals surface area contributed by atoms with Crippen molar-refractivity contribution in [2.24, 2.45) is 5.73 Å². The number of likely N-dealkylation sites (tertiary alicyclic amines) is 1. The van der Waals surface area contributed by atoms with E-state index in [-0.39, 0.29) is 6.04 Å². The molecule has 0 radical (unpaired) electrons. The van der Waals surface area contributed by atoms with Crippen molar-refractivity contribution in [3.05, 3.63) is 29.3 Å². The summed E-state index contributed by atoms with van der Waals surface area (Å²) in [6.45, 7) is 4.08. The number of hydrogen-bond acceptors (Lipinski definition) is 4. The minimum Gasteiger partial charge on any atom is -0.326 e. The summed E-state index contributed by atoms with van der Waals surface area (Å²) in [5, 5.41) is 0. The lowest BCUT2D eigenvalue weighted by atomic mass is 10.1. The Labute approximate surface area is 126 Å². The van der Waals surface area contributed by atoms with Gasteiger partial charge in [0.2, 0.25) is 10.0 Å². The Morgan fingerprint density at radius 3 is 2.71 bits per heavy atom. The second kappa shape index (κ2) is 5.68. The molecule has 1 aromatic rings. The molecule has 1 aliphatic heterocycles. The molecule has 0 bridgehead atoms. The zero-order chi connectivity index (χ0) is 15.0. The molecular formula is C15H23N3O2S. The van der Waals surface area contributed by atoms with Crippen LogP contribution in [0, 0.1) is 6.92 Å². The van der Waals surface area contributed by atoms with E-state index in [1.165, 1.54) is 12.8 Å². The molecule has 1 saturated heterocycles. The maximum atomic E-state index is 12.5. The van der Waals surface area contributed by atoms with Gasteiger partial charge in [-0.2, -0.15) is 0 Å². The summed E-state index contributed by atoms with van der Waals surface area (Å²) in [6, 6.07) is 6.02. The fourth-order valence-electron chi connectivity index (χ4n) is 3.08. The summed E-state index contributed by atoms with van der Waals surface area (Å²) >= 11 is 0. The summed E-state index contributed by atoms with van der Waals surface area (Å²) in [6.07, 6.45) is 3.42. The number of rotatable bonds is 5. The number of hydrogen-bond donors (Lipinski definition) is 2. The van der Waals surface area contributed by atoms with Crippen molar-refractivity contribution in [1.82, 2.24) is 9.62 Å². The third-order valence-electron chi connectivity index (χ3n) is 4.37. The first kappa shape index (κ1) is 15.0. The van der Waals surface area contributed by atoms with Crippen molar-refractivity contribution in [2.45, 2.75) is 49.7 Å². The van der Waals surface area contributed by atoms with Gasteiger partial charge in [-0.1, -0.05) is 12.1 Å². The van der Waals surface area contributed by atoms with Gasteiger partial charge in [-0.3, -0.25) is 4.90 Å². The first-order valence-electron chi connectivity index (χ1n) is 7.55. The lowest BCUT2D eigenvalue weighted by Gasteiger charge is -2.17. The van der Waals surface area contributed by atoms with Gasteiger partial charge in [-0.05, 0) is 43.4 Å². The predicted octanol–water partition coefficient (Wildman–Crippen LogP) is 0.969. The highest BCUT2D eigenvalue weighted by molar-refractivity contribution is 7.89. The van der Waals surface area contributed by atoms with Crippen LogP contribution >= 0.6 is 0 Å². The smallest absolute Gasteiger partial charge is 0.241 e. The Kier molecular flexibility index (Phi) is 4.05. The monoisotopic (exact) mass is 309 g/mol. The van der Waals surface area contributed by atoms with E-state index < -0.39 is 10.0 Å². The van der Waals surface area contributed by atoms with Gasteiger partial charge in [0.1, 0.15) is 0 Å². The van der Waals surface area contributed by atoms with Crippen molar-refractivity contribution >= 4 is 10.0 Å². The third-order valence-corrected chi connectivity index (χ3v) is 6.05. The molecule has 1 atom stereocenters.